The van der Waals surface area contributed by atoms with Crippen molar-refractivity contribution in [2.75, 3.05) is 13.2 Å². The molecule has 0 aromatic carbocycles. The molecule has 0 aliphatic heterocycles. The molecule has 0 aromatic heterocycles. The van der Waals surface area contributed by atoms with Crippen molar-refractivity contribution >= 4 is 17.9 Å². The second kappa shape index (κ2) is 46.5. The molecule has 0 spiro atoms. The van der Waals surface area contributed by atoms with E-state index < -0.39 is 6.10 Å². The molecule has 58 heavy (non-hydrogen) atoms. The van der Waals surface area contributed by atoms with Gasteiger partial charge in [-0.3, -0.25) is 14.4 Å². The zero-order valence-corrected chi connectivity index (χ0v) is 39.5. The summed E-state index contributed by atoms with van der Waals surface area (Å²) in [5.41, 5.74) is 0. The van der Waals surface area contributed by atoms with Crippen LogP contribution in [0.4, 0.5) is 0 Å². The molecular weight excluding hydrogens is 721 g/mol. The van der Waals surface area contributed by atoms with Gasteiger partial charge in [0.2, 0.25) is 0 Å². The van der Waals surface area contributed by atoms with Gasteiger partial charge in [-0.05, 0) is 25.2 Å². The third kappa shape index (κ3) is 44.0. The molecule has 1 unspecified atom stereocenters. The first-order valence-electron chi connectivity index (χ1n) is 25.9. The van der Waals surface area contributed by atoms with Gasteiger partial charge in [0, 0.05) is 19.3 Å². The molecule has 0 fully saturated rings. The molecule has 0 bridgehead atoms. The van der Waals surface area contributed by atoms with Crippen LogP contribution >= 0.6 is 0 Å². The molecule has 0 aliphatic carbocycles. The van der Waals surface area contributed by atoms with E-state index in [1.807, 2.05) is 0 Å². The summed E-state index contributed by atoms with van der Waals surface area (Å²) in [5, 5.41) is 0. The van der Waals surface area contributed by atoms with Gasteiger partial charge >= 0.3 is 17.9 Å². The predicted octanol–water partition coefficient (Wildman–Crippen LogP) is 16.7. The minimum absolute atomic E-state index is 0.0637. The van der Waals surface area contributed by atoms with E-state index >= 15 is 0 Å². The smallest absolute Gasteiger partial charge is 0.306 e. The highest BCUT2D eigenvalue weighted by molar-refractivity contribution is 5.71. The number of ether oxygens (including phenoxy) is 3. The first-order valence-corrected chi connectivity index (χ1v) is 25.9. The van der Waals surface area contributed by atoms with Crippen molar-refractivity contribution in [3.8, 4) is 0 Å². The summed E-state index contributed by atoms with van der Waals surface area (Å²) in [5.74, 6) is -0.0379. The first kappa shape index (κ1) is 56.4. The molecule has 0 radical (unpaired) electrons. The monoisotopic (exact) mass is 821 g/mol. The van der Waals surface area contributed by atoms with E-state index in [4.69, 9.17) is 14.2 Å². The zero-order chi connectivity index (χ0) is 42.4. The lowest BCUT2D eigenvalue weighted by Crippen LogP contribution is -2.30. The third-order valence-corrected chi connectivity index (χ3v) is 12.2. The summed E-state index contributed by atoms with van der Waals surface area (Å²) in [4.78, 5) is 37.9. The van der Waals surface area contributed by atoms with Crippen LogP contribution < -0.4 is 0 Å². The van der Waals surface area contributed by atoms with Gasteiger partial charge in [0.1, 0.15) is 13.2 Å². The van der Waals surface area contributed by atoms with Crippen LogP contribution in [0.15, 0.2) is 0 Å². The molecule has 0 amide bonds. The van der Waals surface area contributed by atoms with Gasteiger partial charge in [-0.1, -0.05) is 252 Å². The second-order valence-electron chi connectivity index (χ2n) is 18.1. The van der Waals surface area contributed by atoms with E-state index in [9.17, 15) is 14.4 Å². The van der Waals surface area contributed by atoms with Crippen molar-refractivity contribution < 1.29 is 28.6 Å². The number of rotatable bonds is 47. The summed E-state index contributed by atoms with van der Waals surface area (Å²) in [6.07, 6.45) is 48.0. The summed E-state index contributed by atoms with van der Waals surface area (Å²) in [7, 11) is 0. The van der Waals surface area contributed by atoms with Gasteiger partial charge < -0.3 is 14.2 Å². The molecular formula is C52H100O6. The minimum atomic E-state index is -0.761. The number of unbranched alkanes of at least 4 members (excludes halogenated alkanes) is 33. The van der Waals surface area contributed by atoms with Crippen molar-refractivity contribution in [1.82, 2.24) is 0 Å². The Bertz CT molecular complexity index is 874. The first-order chi connectivity index (χ1) is 28.4. The van der Waals surface area contributed by atoms with Crippen LogP contribution in [-0.2, 0) is 28.6 Å². The van der Waals surface area contributed by atoms with Crippen LogP contribution in [0, 0.1) is 5.92 Å². The molecule has 2 atom stereocenters. The number of carbonyl (C=O) groups excluding carboxylic acids is 3. The summed E-state index contributed by atoms with van der Waals surface area (Å²) < 4.78 is 16.8. The van der Waals surface area contributed by atoms with Gasteiger partial charge in [-0.2, -0.15) is 0 Å². The normalized spacial score (nSPS) is 12.4. The number of hydrogen-bond acceptors (Lipinski definition) is 6. The van der Waals surface area contributed by atoms with Crippen LogP contribution in [0.5, 0.6) is 0 Å². The summed E-state index contributed by atoms with van der Waals surface area (Å²) in [6.45, 7) is 9.00. The van der Waals surface area contributed by atoms with Crippen LogP contribution in [0.25, 0.3) is 0 Å². The molecule has 0 aliphatic rings. The fourth-order valence-electron chi connectivity index (χ4n) is 7.83. The zero-order valence-electron chi connectivity index (χ0n) is 39.5. The van der Waals surface area contributed by atoms with Gasteiger partial charge in [0.15, 0.2) is 6.10 Å². The highest BCUT2D eigenvalue weighted by Crippen LogP contribution is 2.17. The maximum absolute atomic E-state index is 12.7. The Morgan fingerprint density at radius 3 is 0.897 bits per heavy atom. The standard InChI is InChI=1S/C52H100O6/c1-5-8-10-12-14-16-18-20-22-23-25-27-29-31-36-40-44-51(54)57-47-49(58-52(55)45-41-37-33-32-34-38-42-48(4)7-3)46-56-50(53)43-39-35-30-28-26-24-21-19-17-15-13-11-9-6-2/h48-49H,5-47H2,1-4H3/t48?,49-/m0/s1. The maximum Gasteiger partial charge on any atom is 0.306 e. The van der Waals surface area contributed by atoms with Crippen LogP contribution in [0.2, 0.25) is 0 Å². The van der Waals surface area contributed by atoms with Gasteiger partial charge in [0.05, 0.1) is 0 Å². The van der Waals surface area contributed by atoms with E-state index in [1.54, 1.807) is 0 Å². The Hall–Kier alpha value is -1.59. The van der Waals surface area contributed by atoms with E-state index in [2.05, 4.69) is 27.7 Å². The number of carbonyl (C=O) groups is 3. The molecule has 6 heteroatoms. The van der Waals surface area contributed by atoms with Crippen molar-refractivity contribution in [2.24, 2.45) is 5.92 Å². The fraction of sp³-hybridized carbons (Fsp3) is 0.942. The Morgan fingerprint density at radius 1 is 0.345 bits per heavy atom. The molecule has 0 heterocycles. The Labute approximate surface area is 361 Å². The van der Waals surface area contributed by atoms with Crippen molar-refractivity contribution in [1.29, 1.82) is 0 Å². The predicted molar refractivity (Wildman–Crippen MR) is 247 cm³/mol. The molecule has 6 nitrogen and oxygen atoms in total. The highest BCUT2D eigenvalue weighted by Gasteiger charge is 2.19. The van der Waals surface area contributed by atoms with Crippen LogP contribution in [0.1, 0.15) is 291 Å². The topological polar surface area (TPSA) is 78.9 Å². The molecule has 0 saturated heterocycles. The second-order valence-corrected chi connectivity index (χ2v) is 18.1. The van der Waals surface area contributed by atoms with E-state index in [1.165, 1.54) is 186 Å². The van der Waals surface area contributed by atoms with Crippen molar-refractivity contribution in [3.63, 3.8) is 0 Å². The SMILES string of the molecule is CCCCCCCCCCCCCCCCCCC(=O)OC[C@H](COC(=O)CCCCCCCCCCCCCCCC)OC(=O)CCCCCCCCC(C)CC. The third-order valence-electron chi connectivity index (χ3n) is 12.2. The van der Waals surface area contributed by atoms with Crippen molar-refractivity contribution in [3.05, 3.63) is 0 Å². The number of esters is 3. The summed E-state index contributed by atoms with van der Waals surface area (Å²) in [6, 6.07) is 0. The average Bonchev–Trinajstić information content (AvgIpc) is 3.22. The lowest BCUT2D eigenvalue weighted by molar-refractivity contribution is -0.167. The fourth-order valence-corrected chi connectivity index (χ4v) is 7.83. The van der Waals surface area contributed by atoms with E-state index in [0.717, 1.165) is 63.7 Å². The molecule has 0 saturated carbocycles. The number of hydrogen-bond donors (Lipinski definition) is 0. The van der Waals surface area contributed by atoms with Crippen LogP contribution in [-0.4, -0.2) is 37.2 Å². The largest absolute Gasteiger partial charge is 0.462 e. The van der Waals surface area contributed by atoms with Gasteiger partial charge in [-0.15, -0.1) is 0 Å². The minimum Gasteiger partial charge on any atom is -0.462 e. The quantitative estimate of drug-likeness (QED) is 0.0346. The highest BCUT2D eigenvalue weighted by atomic mass is 16.6. The maximum atomic E-state index is 12.7. The Balaban J connectivity index is 4.27. The molecule has 0 N–H and O–H groups in total. The lowest BCUT2D eigenvalue weighted by atomic mass is 10.00. The lowest BCUT2D eigenvalue weighted by Gasteiger charge is -2.18. The Morgan fingerprint density at radius 2 is 0.603 bits per heavy atom. The average molecular weight is 821 g/mol. The Kier molecular flexibility index (Phi) is 45.2. The van der Waals surface area contributed by atoms with Gasteiger partial charge in [-0.25, -0.2) is 0 Å². The molecule has 0 rings (SSSR count). The molecule has 344 valence electrons. The molecule has 0 aromatic rings. The van der Waals surface area contributed by atoms with Crippen molar-refractivity contribution in [2.45, 2.75) is 297 Å². The van der Waals surface area contributed by atoms with Crippen LogP contribution in [0.3, 0.4) is 0 Å². The van der Waals surface area contributed by atoms with E-state index in [-0.39, 0.29) is 31.1 Å². The summed E-state index contributed by atoms with van der Waals surface area (Å²) >= 11 is 0. The van der Waals surface area contributed by atoms with Gasteiger partial charge in [0.25, 0.3) is 0 Å². The van der Waals surface area contributed by atoms with E-state index in [0.29, 0.717) is 19.3 Å².